The second-order valence-corrected chi connectivity index (χ2v) is 4.96. The fourth-order valence-electron chi connectivity index (χ4n) is 2.26. The van der Waals surface area contributed by atoms with Crippen molar-refractivity contribution in [3.05, 3.63) is 24.3 Å². The zero-order valence-electron chi connectivity index (χ0n) is 12.3. The zero-order valence-corrected chi connectivity index (χ0v) is 12.3. The lowest BCUT2D eigenvalue weighted by Gasteiger charge is -2.14. The first-order valence-electron chi connectivity index (χ1n) is 7.18. The molecule has 114 valence electrons. The van der Waals surface area contributed by atoms with E-state index in [0.29, 0.717) is 18.9 Å². The maximum absolute atomic E-state index is 11.8. The summed E-state index contributed by atoms with van der Waals surface area (Å²) < 4.78 is 5.08. The summed E-state index contributed by atoms with van der Waals surface area (Å²) in [5.41, 5.74) is 6.63. The molecule has 0 unspecified atom stereocenters. The molecule has 1 heterocycles. The van der Waals surface area contributed by atoms with Crippen LogP contribution in [0.25, 0.3) is 0 Å². The molecule has 1 amide bonds. The Morgan fingerprint density at radius 3 is 2.62 bits per heavy atom. The van der Waals surface area contributed by atoms with E-state index in [4.69, 9.17) is 10.5 Å². The number of amides is 1. The monoisotopic (exact) mass is 290 g/mol. The van der Waals surface area contributed by atoms with Crippen molar-refractivity contribution >= 4 is 17.6 Å². The van der Waals surface area contributed by atoms with Crippen molar-refractivity contribution in [3.63, 3.8) is 0 Å². The number of ether oxygens (including phenoxy) is 1. The van der Waals surface area contributed by atoms with Gasteiger partial charge in [0.25, 0.3) is 0 Å². The Morgan fingerprint density at radius 1 is 1.33 bits per heavy atom. The Morgan fingerprint density at radius 2 is 2.00 bits per heavy atom. The number of hydrogen-bond acceptors (Lipinski definition) is 3. The van der Waals surface area contributed by atoms with Gasteiger partial charge in [-0.2, -0.15) is 0 Å². The van der Waals surface area contributed by atoms with Crippen LogP contribution in [-0.4, -0.2) is 43.5 Å². The standard InChI is InChI=1S/C15H22N4O2/c1-21-13-6-4-12(5-7-13)18-15(16)17-9-8-14(20)19-10-2-3-11-19/h4-7H,2-3,8-11H2,1H3,(H3,16,17,18). The first-order valence-corrected chi connectivity index (χ1v) is 7.18. The minimum absolute atomic E-state index is 0.161. The highest BCUT2D eigenvalue weighted by Crippen LogP contribution is 2.14. The van der Waals surface area contributed by atoms with Crippen LogP contribution >= 0.6 is 0 Å². The molecule has 3 N–H and O–H groups in total. The average Bonchev–Trinajstić information content (AvgIpc) is 3.02. The van der Waals surface area contributed by atoms with Crippen LogP contribution in [0, 0.1) is 0 Å². The molecule has 0 spiro atoms. The number of guanidine groups is 1. The Balaban J connectivity index is 1.76. The Hall–Kier alpha value is -2.24. The molecular weight excluding hydrogens is 268 g/mol. The number of aliphatic imine (C=N–C) groups is 1. The van der Waals surface area contributed by atoms with Gasteiger partial charge in [0.1, 0.15) is 5.75 Å². The molecule has 0 radical (unpaired) electrons. The van der Waals surface area contributed by atoms with Gasteiger partial charge in [-0.05, 0) is 37.1 Å². The third kappa shape index (κ3) is 4.66. The third-order valence-electron chi connectivity index (χ3n) is 3.43. The highest BCUT2D eigenvalue weighted by atomic mass is 16.5. The maximum Gasteiger partial charge on any atom is 0.224 e. The lowest BCUT2D eigenvalue weighted by molar-refractivity contribution is -0.129. The van der Waals surface area contributed by atoms with Gasteiger partial charge in [0, 0.05) is 25.2 Å². The number of nitrogens with zero attached hydrogens (tertiary/aromatic N) is 2. The largest absolute Gasteiger partial charge is 0.497 e. The van der Waals surface area contributed by atoms with Crippen LogP contribution in [0.3, 0.4) is 0 Å². The van der Waals surface area contributed by atoms with Gasteiger partial charge in [-0.25, -0.2) is 0 Å². The number of likely N-dealkylation sites (tertiary alicyclic amines) is 1. The Kier molecular flexibility index (Phi) is 5.43. The maximum atomic E-state index is 11.8. The number of carbonyl (C=O) groups is 1. The van der Waals surface area contributed by atoms with E-state index in [2.05, 4.69) is 10.3 Å². The number of carbonyl (C=O) groups excluding carboxylic acids is 1. The van der Waals surface area contributed by atoms with Crippen molar-refractivity contribution in [3.8, 4) is 5.75 Å². The van der Waals surface area contributed by atoms with Crippen LogP contribution in [0.5, 0.6) is 5.75 Å². The van der Waals surface area contributed by atoms with E-state index in [1.807, 2.05) is 29.2 Å². The smallest absolute Gasteiger partial charge is 0.224 e. The van der Waals surface area contributed by atoms with E-state index < -0.39 is 0 Å². The van der Waals surface area contributed by atoms with Crippen molar-refractivity contribution < 1.29 is 9.53 Å². The van der Waals surface area contributed by atoms with Gasteiger partial charge < -0.3 is 20.7 Å². The molecule has 1 aliphatic heterocycles. The van der Waals surface area contributed by atoms with Gasteiger partial charge in [0.05, 0.1) is 13.7 Å². The minimum Gasteiger partial charge on any atom is -0.497 e. The van der Waals surface area contributed by atoms with Gasteiger partial charge in [0.15, 0.2) is 5.96 Å². The summed E-state index contributed by atoms with van der Waals surface area (Å²) in [5.74, 6) is 1.26. The number of anilines is 1. The van der Waals surface area contributed by atoms with E-state index in [9.17, 15) is 4.79 Å². The molecule has 21 heavy (non-hydrogen) atoms. The van der Waals surface area contributed by atoms with Crippen molar-refractivity contribution in [2.75, 3.05) is 32.1 Å². The second-order valence-electron chi connectivity index (χ2n) is 4.96. The lowest BCUT2D eigenvalue weighted by atomic mass is 10.3. The van der Waals surface area contributed by atoms with E-state index in [-0.39, 0.29) is 5.91 Å². The summed E-state index contributed by atoms with van der Waals surface area (Å²) in [6.45, 7) is 2.16. The first kappa shape index (κ1) is 15.2. The van der Waals surface area contributed by atoms with Crippen molar-refractivity contribution in [1.29, 1.82) is 0 Å². The van der Waals surface area contributed by atoms with Crippen molar-refractivity contribution in [2.45, 2.75) is 19.3 Å². The van der Waals surface area contributed by atoms with Crippen LogP contribution in [0.4, 0.5) is 5.69 Å². The number of hydrogen-bond donors (Lipinski definition) is 2. The van der Waals surface area contributed by atoms with Gasteiger partial charge in [-0.3, -0.25) is 9.79 Å². The molecule has 1 aliphatic rings. The second kappa shape index (κ2) is 7.52. The van der Waals surface area contributed by atoms with Crippen molar-refractivity contribution in [2.24, 2.45) is 10.7 Å². The zero-order chi connectivity index (χ0) is 15.1. The molecule has 2 rings (SSSR count). The molecule has 0 saturated carbocycles. The van der Waals surface area contributed by atoms with Gasteiger partial charge in [-0.15, -0.1) is 0 Å². The number of methoxy groups -OCH3 is 1. The van der Waals surface area contributed by atoms with E-state index in [1.54, 1.807) is 7.11 Å². The van der Waals surface area contributed by atoms with E-state index in [1.165, 1.54) is 0 Å². The molecule has 0 aliphatic carbocycles. The normalized spacial score (nSPS) is 15.1. The fourth-order valence-corrected chi connectivity index (χ4v) is 2.26. The molecule has 1 aromatic carbocycles. The SMILES string of the molecule is COc1ccc(NC(N)=NCCC(=O)N2CCCC2)cc1. The highest BCUT2D eigenvalue weighted by molar-refractivity contribution is 5.92. The Labute approximate surface area is 125 Å². The van der Waals surface area contributed by atoms with Crippen molar-refractivity contribution in [1.82, 2.24) is 4.90 Å². The van der Waals surface area contributed by atoms with E-state index >= 15 is 0 Å². The quantitative estimate of drug-likeness (QED) is 0.635. The summed E-state index contributed by atoms with van der Waals surface area (Å²) in [6, 6.07) is 7.40. The van der Waals surface area contributed by atoms with Gasteiger partial charge in [-0.1, -0.05) is 0 Å². The number of benzene rings is 1. The molecule has 6 nitrogen and oxygen atoms in total. The molecule has 0 aromatic heterocycles. The minimum atomic E-state index is 0.161. The molecule has 1 aromatic rings. The van der Waals surface area contributed by atoms with Crippen LogP contribution < -0.4 is 15.8 Å². The first-order chi connectivity index (χ1) is 10.2. The summed E-state index contributed by atoms with van der Waals surface area (Å²) in [4.78, 5) is 17.9. The summed E-state index contributed by atoms with van der Waals surface area (Å²) in [6.07, 6.45) is 2.62. The van der Waals surface area contributed by atoms with Crippen LogP contribution in [0.15, 0.2) is 29.3 Å². The summed E-state index contributed by atoms with van der Waals surface area (Å²) >= 11 is 0. The molecular formula is C15H22N4O2. The lowest BCUT2D eigenvalue weighted by Crippen LogP contribution is -2.28. The molecule has 1 saturated heterocycles. The van der Waals surface area contributed by atoms with Crippen LogP contribution in [0.1, 0.15) is 19.3 Å². The fraction of sp³-hybridized carbons (Fsp3) is 0.467. The van der Waals surface area contributed by atoms with Gasteiger partial charge >= 0.3 is 0 Å². The highest BCUT2D eigenvalue weighted by Gasteiger charge is 2.16. The third-order valence-corrected chi connectivity index (χ3v) is 3.43. The average molecular weight is 290 g/mol. The van der Waals surface area contributed by atoms with E-state index in [0.717, 1.165) is 37.4 Å². The summed E-state index contributed by atoms with van der Waals surface area (Å²) in [7, 11) is 1.62. The topological polar surface area (TPSA) is 80.0 Å². The number of nitrogens with one attached hydrogen (secondary N) is 1. The number of rotatable bonds is 5. The molecule has 6 heteroatoms. The predicted molar refractivity (Wildman–Crippen MR) is 83.5 cm³/mol. The summed E-state index contributed by atoms with van der Waals surface area (Å²) in [5, 5.41) is 2.98. The molecule has 0 atom stereocenters. The predicted octanol–water partition coefficient (Wildman–Crippen LogP) is 1.43. The van der Waals surface area contributed by atoms with Gasteiger partial charge in [0.2, 0.25) is 5.91 Å². The molecule has 1 fully saturated rings. The van der Waals surface area contributed by atoms with Crippen LogP contribution in [-0.2, 0) is 4.79 Å². The Bertz CT molecular complexity index is 493. The van der Waals surface area contributed by atoms with Crippen LogP contribution in [0.2, 0.25) is 0 Å². The number of nitrogens with two attached hydrogens (primary N) is 1. The molecule has 0 bridgehead atoms.